The number of nitrogens with two attached hydrogens (primary N) is 1. The number of nitrogens with zero attached hydrogens (tertiary/aromatic N) is 5. The van der Waals surface area contributed by atoms with Crippen LogP contribution in [0.3, 0.4) is 0 Å². The van der Waals surface area contributed by atoms with Crippen LogP contribution < -0.4 is 22.5 Å². The molecule has 0 amide bonds. The summed E-state index contributed by atoms with van der Waals surface area (Å²) in [7, 11) is 1.62. The Morgan fingerprint density at radius 1 is 1.14 bits per heavy atom. The van der Waals surface area contributed by atoms with Gasteiger partial charge in [-0.2, -0.15) is 4.98 Å². The van der Waals surface area contributed by atoms with Gasteiger partial charge in [0, 0.05) is 30.3 Å². The van der Waals surface area contributed by atoms with E-state index >= 15 is 0 Å². The van der Waals surface area contributed by atoms with E-state index in [1.165, 1.54) is 5.01 Å². The molecule has 0 aliphatic heterocycles. The minimum absolute atomic E-state index is 0.205. The predicted molar refractivity (Wildman–Crippen MR) is 135 cm³/mol. The first kappa shape index (κ1) is 26.7. The number of hydrazine groups is 1. The van der Waals surface area contributed by atoms with E-state index in [1.807, 2.05) is 0 Å². The molecule has 0 radical (unpaired) electrons. The SMILES string of the molecule is CN(N)/C=C1/C=C(Nc2nc(=O)n(Cc3csc(Cl)n3)c(=O)n2Cc2cc(F)c(F)cc2F)C(Cl)=CC1. The molecule has 1 aliphatic carbocycles. The molecular formula is C22H18Cl2F3N7O2S. The third-order valence-corrected chi connectivity index (χ3v) is 6.52. The molecule has 1 aromatic carbocycles. The van der Waals surface area contributed by atoms with Gasteiger partial charge in [0.15, 0.2) is 16.1 Å². The largest absolute Gasteiger partial charge is 0.355 e. The quantitative estimate of drug-likeness (QED) is 0.253. The zero-order valence-corrected chi connectivity index (χ0v) is 21.3. The van der Waals surface area contributed by atoms with Crippen LogP contribution in [0.4, 0.5) is 19.1 Å². The average molecular weight is 572 g/mol. The van der Waals surface area contributed by atoms with Crippen LogP contribution >= 0.6 is 34.5 Å². The molecule has 4 rings (SSSR count). The molecule has 1 aliphatic rings. The Bertz CT molecular complexity index is 1580. The molecule has 2 heterocycles. The molecule has 0 bridgehead atoms. The van der Waals surface area contributed by atoms with Gasteiger partial charge in [-0.25, -0.2) is 38.2 Å². The van der Waals surface area contributed by atoms with Crippen LogP contribution in [0.1, 0.15) is 17.7 Å². The second-order valence-electron chi connectivity index (χ2n) is 7.93. The summed E-state index contributed by atoms with van der Waals surface area (Å²) in [5.74, 6) is 1.59. The summed E-state index contributed by atoms with van der Waals surface area (Å²) in [6.07, 6.45) is 5.40. The molecule has 0 unspecified atom stereocenters. The number of aromatic nitrogens is 4. The molecule has 0 fully saturated rings. The number of benzene rings is 1. The lowest BCUT2D eigenvalue weighted by Crippen LogP contribution is -2.43. The highest BCUT2D eigenvalue weighted by molar-refractivity contribution is 7.13. The fourth-order valence-corrected chi connectivity index (χ4v) is 4.42. The van der Waals surface area contributed by atoms with Crippen molar-refractivity contribution in [2.75, 3.05) is 12.4 Å². The lowest BCUT2D eigenvalue weighted by atomic mass is 10.1. The van der Waals surface area contributed by atoms with E-state index in [0.717, 1.165) is 26.0 Å². The molecule has 9 nitrogen and oxygen atoms in total. The van der Waals surface area contributed by atoms with E-state index in [4.69, 9.17) is 29.0 Å². The number of thiazole rings is 1. The highest BCUT2D eigenvalue weighted by atomic mass is 35.5. The Morgan fingerprint density at radius 2 is 1.86 bits per heavy atom. The van der Waals surface area contributed by atoms with Crippen molar-refractivity contribution in [3.05, 3.63) is 106 Å². The van der Waals surface area contributed by atoms with Gasteiger partial charge in [-0.3, -0.25) is 4.57 Å². The van der Waals surface area contributed by atoms with Crippen molar-refractivity contribution >= 4 is 40.5 Å². The first-order valence-corrected chi connectivity index (χ1v) is 12.1. The van der Waals surface area contributed by atoms with Gasteiger partial charge < -0.3 is 10.3 Å². The van der Waals surface area contributed by atoms with Crippen LogP contribution in [0.15, 0.2) is 61.8 Å². The first-order valence-electron chi connectivity index (χ1n) is 10.5. The summed E-state index contributed by atoms with van der Waals surface area (Å²) in [6.45, 7) is -0.856. The van der Waals surface area contributed by atoms with Crippen molar-refractivity contribution in [2.24, 2.45) is 5.84 Å². The molecule has 3 aromatic rings. The van der Waals surface area contributed by atoms with Crippen LogP contribution in [-0.2, 0) is 13.1 Å². The first-order chi connectivity index (χ1) is 17.5. The Labute approximate surface area is 221 Å². The second-order valence-corrected chi connectivity index (χ2v) is 9.78. The van der Waals surface area contributed by atoms with Gasteiger partial charge in [0.1, 0.15) is 5.82 Å². The summed E-state index contributed by atoms with van der Waals surface area (Å²) in [5, 5.41) is 5.97. The minimum atomic E-state index is -1.39. The van der Waals surface area contributed by atoms with Crippen LogP contribution in [0, 0.1) is 17.5 Å². The van der Waals surface area contributed by atoms with Gasteiger partial charge in [0.25, 0.3) is 0 Å². The van der Waals surface area contributed by atoms with Gasteiger partial charge in [-0.1, -0.05) is 29.3 Å². The number of nitrogens with one attached hydrogen (secondary N) is 1. The van der Waals surface area contributed by atoms with E-state index in [2.05, 4.69) is 15.3 Å². The molecular weight excluding hydrogens is 554 g/mol. The molecule has 0 saturated carbocycles. The van der Waals surface area contributed by atoms with E-state index in [0.29, 0.717) is 24.2 Å². The number of anilines is 1. The molecule has 194 valence electrons. The summed E-state index contributed by atoms with van der Waals surface area (Å²) in [6, 6.07) is 0.994. The summed E-state index contributed by atoms with van der Waals surface area (Å²) in [5.41, 5.74) is -0.861. The lowest BCUT2D eigenvalue weighted by molar-refractivity contribution is 0.481. The maximum Gasteiger partial charge on any atom is 0.355 e. The van der Waals surface area contributed by atoms with E-state index in [-0.39, 0.29) is 33.3 Å². The molecule has 0 atom stereocenters. The molecule has 0 saturated heterocycles. The fourth-order valence-electron chi connectivity index (χ4n) is 3.47. The van der Waals surface area contributed by atoms with Crippen LogP contribution in [-0.4, -0.2) is 31.2 Å². The van der Waals surface area contributed by atoms with E-state index in [1.54, 1.807) is 30.8 Å². The monoisotopic (exact) mass is 571 g/mol. The zero-order valence-electron chi connectivity index (χ0n) is 19.0. The van der Waals surface area contributed by atoms with Crippen LogP contribution in [0.5, 0.6) is 0 Å². The maximum atomic E-state index is 14.5. The Kier molecular flexibility index (Phi) is 7.87. The summed E-state index contributed by atoms with van der Waals surface area (Å²) in [4.78, 5) is 34.2. The van der Waals surface area contributed by atoms with Crippen LogP contribution in [0.2, 0.25) is 4.47 Å². The van der Waals surface area contributed by atoms with Crippen molar-refractivity contribution in [1.82, 2.24) is 24.1 Å². The number of rotatable bonds is 7. The predicted octanol–water partition coefficient (Wildman–Crippen LogP) is 3.54. The van der Waals surface area contributed by atoms with Crippen LogP contribution in [0.25, 0.3) is 0 Å². The Morgan fingerprint density at radius 3 is 2.54 bits per heavy atom. The number of allylic oxidation sites excluding steroid dienone is 4. The standard InChI is InChI=1S/C22H18Cl2F3N7O2S/c1-32(28)7-11-2-3-14(23)18(4-11)30-20-31-21(35)34(9-13-10-37-19(24)29-13)22(36)33(20)8-12-5-16(26)17(27)6-15(12)25/h3-7,10H,2,8-9,28H2,1H3,(H,30,31,35)/b11-7+. The minimum Gasteiger partial charge on any atom is -0.324 e. The lowest BCUT2D eigenvalue weighted by Gasteiger charge is -2.19. The molecule has 0 spiro atoms. The summed E-state index contributed by atoms with van der Waals surface area (Å²) < 4.78 is 43.7. The van der Waals surface area contributed by atoms with Gasteiger partial charge in [-0.15, -0.1) is 11.3 Å². The van der Waals surface area contributed by atoms with E-state index < -0.39 is 35.4 Å². The number of hydrogen-bond acceptors (Lipinski definition) is 8. The highest BCUT2D eigenvalue weighted by Gasteiger charge is 2.20. The second kappa shape index (κ2) is 10.9. The zero-order chi connectivity index (χ0) is 26.9. The van der Waals surface area contributed by atoms with Crippen molar-refractivity contribution < 1.29 is 13.2 Å². The number of hydrogen-bond donors (Lipinski definition) is 2. The topological polar surface area (TPSA) is 111 Å². The Balaban J connectivity index is 1.83. The van der Waals surface area contributed by atoms with E-state index in [9.17, 15) is 22.8 Å². The summed E-state index contributed by atoms with van der Waals surface area (Å²) >= 11 is 13.3. The smallest absolute Gasteiger partial charge is 0.324 e. The van der Waals surface area contributed by atoms with Gasteiger partial charge in [-0.05, 0) is 24.1 Å². The van der Waals surface area contributed by atoms with Gasteiger partial charge in [0.05, 0.1) is 29.5 Å². The molecule has 3 N–H and O–H groups in total. The van der Waals surface area contributed by atoms with Gasteiger partial charge in [0.2, 0.25) is 5.95 Å². The molecule has 15 heteroatoms. The van der Waals surface area contributed by atoms with Crippen molar-refractivity contribution in [2.45, 2.75) is 19.5 Å². The Hall–Kier alpha value is -3.39. The van der Waals surface area contributed by atoms with Gasteiger partial charge >= 0.3 is 11.4 Å². The normalized spacial score (nSPS) is 14.5. The average Bonchev–Trinajstić information content (AvgIpc) is 3.23. The molecule has 37 heavy (non-hydrogen) atoms. The third kappa shape index (κ3) is 6.13. The highest BCUT2D eigenvalue weighted by Crippen LogP contribution is 2.26. The fraction of sp³-hybridized carbons (Fsp3) is 0.182. The van der Waals surface area contributed by atoms with Crippen molar-refractivity contribution in [3.8, 4) is 0 Å². The third-order valence-electron chi connectivity index (χ3n) is 5.13. The molecule has 2 aromatic heterocycles. The number of halogens is 5. The van der Waals surface area contributed by atoms with Crippen molar-refractivity contribution in [3.63, 3.8) is 0 Å². The van der Waals surface area contributed by atoms with Crippen molar-refractivity contribution in [1.29, 1.82) is 0 Å². The maximum absolute atomic E-state index is 14.5.